The fraction of sp³-hybridized carbons (Fsp3) is 0.227. The Balaban J connectivity index is 1.77. The van der Waals surface area contributed by atoms with Crippen LogP contribution in [-0.2, 0) is 14.3 Å². The van der Waals surface area contributed by atoms with Gasteiger partial charge >= 0.3 is 11.9 Å². The van der Waals surface area contributed by atoms with Gasteiger partial charge in [0, 0.05) is 5.69 Å². The predicted octanol–water partition coefficient (Wildman–Crippen LogP) is 4.05. The fourth-order valence-corrected chi connectivity index (χ4v) is 4.63. The van der Waals surface area contributed by atoms with Gasteiger partial charge in [0.15, 0.2) is 6.61 Å². The van der Waals surface area contributed by atoms with E-state index in [1.165, 1.54) is 5.51 Å². The van der Waals surface area contributed by atoms with Crippen molar-refractivity contribution < 1.29 is 28.7 Å². The van der Waals surface area contributed by atoms with Crippen LogP contribution < -0.4 is 10.6 Å². The number of thiophene rings is 1. The Morgan fingerprint density at radius 3 is 2.33 bits per heavy atom. The van der Waals surface area contributed by atoms with Crippen molar-refractivity contribution in [2.75, 3.05) is 23.8 Å². The quantitative estimate of drug-likeness (QED) is 0.460. The first-order valence-electron chi connectivity index (χ1n) is 9.85. The second kappa shape index (κ2) is 10.8. The molecular formula is C22H21N3O6S2. The number of carbonyl (C=O) groups excluding carboxylic acids is 4. The Morgan fingerprint density at radius 1 is 0.970 bits per heavy atom. The number of hydrogen-bond donors (Lipinski definition) is 2. The maximum atomic E-state index is 12.8. The molecule has 2 heterocycles. The second-order valence-corrected chi connectivity index (χ2v) is 8.57. The Kier molecular flexibility index (Phi) is 7.91. The smallest absolute Gasteiger partial charge is 0.350 e. The minimum atomic E-state index is -0.669. The van der Waals surface area contributed by atoms with Crippen molar-refractivity contribution >= 4 is 57.1 Å². The molecule has 0 atom stereocenters. The van der Waals surface area contributed by atoms with E-state index in [0.29, 0.717) is 21.8 Å². The van der Waals surface area contributed by atoms with Crippen LogP contribution in [0.25, 0.3) is 0 Å². The summed E-state index contributed by atoms with van der Waals surface area (Å²) < 4.78 is 10.1. The molecule has 1 aromatic carbocycles. The molecule has 0 aliphatic carbocycles. The summed E-state index contributed by atoms with van der Waals surface area (Å²) in [5.41, 5.74) is 3.06. The normalized spacial score (nSPS) is 10.4. The molecule has 172 valence electrons. The number of nitrogens with one attached hydrogen (secondary N) is 2. The molecule has 11 heteroatoms. The lowest BCUT2D eigenvalue weighted by molar-refractivity contribution is -0.119. The lowest BCUT2D eigenvalue weighted by atomic mass is 10.1. The molecule has 0 saturated heterocycles. The first kappa shape index (κ1) is 24.1. The number of esters is 2. The highest BCUT2D eigenvalue weighted by Gasteiger charge is 2.27. The van der Waals surface area contributed by atoms with E-state index < -0.39 is 30.4 Å². The van der Waals surface area contributed by atoms with Crippen molar-refractivity contribution in [1.29, 1.82) is 0 Å². The van der Waals surface area contributed by atoms with E-state index in [9.17, 15) is 19.2 Å². The monoisotopic (exact) mass is 487 g/mol. The van der Waals surface area contributed by atoms with E-state index in [2.05, 4.69) is 15.6 Å². The molecule has 3 rings (SSSR count). The number of hydrogen-bond acceptors (Lipinski definition) is 9. The molecule has 0 bridgehead atoms. The second-order valence-electron chi connectivity index (χ2n) is 6.69. The van der Waals surface area contributed by atoms with Crippen molar-refractivity contribution in [3.05, 3.63) is 62.4 Å². The van der Waals surface area contributed by atoms with Crippen molar-refractivity contribution in [3.63, 3.8) is 0 Å². The van der Waals surface area contributed by atoms with Crippen molar-refractivity contribution in [2.24, 2.45) is 0 Å². The number of amides is 2. The Labute approximate surface area is 197 Å². The molecule has 2 N–H and O–H groups in total. The number of aromatic nitrogens is 1. The molecule has 0 radical (unpaired) electrons. The third kappa shape index (κ3) is 5.82. The van der Waals surface area contributed by atoms with Crippen molar-refractivity contribution in [3.8, 4) is 0 Å². The lowest BCUT2D eigenvalue weighted by Crippen LogP contribution is -2.21. The zero-order chi connectivity index (χ0) is 24.0. The van der Waals surface area contributed by atoms with E-state index in [1.807, 2.05) is 6.07 Å². The minimum Gasteiger partial charge on any atom is -0.462 e. The van der Waals surface area contributed by atoms with E-state index in [4.69, 9.17) is 9.47 Å². The minimum absolute atomic E-state index is 0.0815. The van der Waals surface area contributed by atoms with Crippen molar-refractivity contribution in [1.82, 2.24) is 4.98 Å². The zero-order valence-electron chi connectivity index (χ0n) is 18.1. The zero-order valence-corrected chi connectivity index (χ0v) is 19.7. The summed E-state index contributed by atoms with van der Waals surface area (Å²) >= 11 is 2.05. The third-order valence-corrected chi connectivity index (χ3v) is 6.50. The van der Waals surface area contributed by atoms with E-state index in [-0.39, 0.29) is 22.0 Å². The first-order valence-corrected chi connectivity index (χ1v) is 11.5. The molecule has 0 spiro atoms. The number of ether oxygens (including phenoxy) is 2. The van der Waals surface area contributed by atoms with Gasteiger partial charge in [-0.15, -0.1) is 22.7 Å². The predicted molar refractivity (Wildman–Crippen MR) is 125 cm³/mol. The van der Waals surface area contributed by atoms with Gasteiger partial charge in [-0.25, -0.2) is 14.6 Å². The summed E-state index contributed by atoms with van der Waals surface area (Å²) in [7, 11) is 0. The van der Waals surface area contributed by atoms with Gasteiger partial charge in [-0.1, -0.05) is 18.2 Å². The largest absolute Gasteiger partial charge is 0.462 e. The Bertz CT molecular complexity index is 1190. The number of para-hydroxylation sites is 1. The summed E-state index contributed by atoms with van der Waals surface area (Å²) in [6, 6.07) is 8.84. The van der Waals surface area contributed by atoms with Crippen LogP contribution >= 0.6 is 22.7 Å². The van der Waals surface area contributed by atoms with Gasteiger partial charge in [-0.3, -0.25) is 9.59 Å². The number of aryl methyl sites for hydroxylation is 1. The van der Waals surface area contributed by atoms with Crippen LogP contribution in [0.1, 0.15) is 47.9 Å². The van der Waals surface area contributed by atoms with Crippen LogP contribution in [0.2, 0.25) is 0 Å². The van der Waals surface area contributed by atoms with Gasteiger partial charge in [-0.05, 0) is 38.5 Å². The van der Waals surface area contributed by atoms with Crippen LogP contribution in [0, 0.1) is 13.8 Å². The highest BCUT2D eigenvalue weighted by Crippen LogP contribution is 2.34. The molecule has 2 amide bonds. The van der Waals surface area contributed by atoms with Gasteiger partial charge in [0.1, 0.15) is 9.88 Å². The number of carbonyl (C=O) groups is 4. The molecule has 3 aromatic rings. The van der Waals surface area contributed by atoms with Gasteiger partial charge in [-0.2, -0.15) is 0 Å². The highest BCUT2D eigenvalue weighted by molar-refractivity contribution is 7.19. The molecule has 33 heavy (non-hydrogen) atoms. The SMILES string of the molecule is CCOC(=O)c1c(NC(=O)COC(=O)c2scnc2C)sc(C(=O)Nc2ccccc2)c1C. The number of thiazole rings is 1. The number of rotatable bonds is 8. The van der Waals surface area contributed by atoms with Gasteiger partial charge in [0.2, 0.25) is 0 Å². The van der Waals surface area contributed by atoms with Crippen LogP contribution in [-0.4, -0.2) is 42.0 Å². The average Bonchev–Trinajstić information content (AvgIpc) is 3.35. The average molecular weight is 488 g/mol. The van der Waals surface area contributed by atoms with Crippen LogP contribution in [0.4, 0.5) is 10.7 Å². The molecule has 9 nitrogen and oxygen atoms in total. The third-order valence-electron chi connectivity index (χ3n) is 4.38. The summed E-state index contributed by atoms with van der Waals surface area (Å²) in [6.07, 6.45) is 0. The van der Waals surface area contributed by atoms with Crippen LogP contribution in [0.15, 0.2) is 35.8 Å². The van der Waals surface area contributed by atoms with Gasteiger partial charge < -0.3 is 20.1 Å². The van der Waals surface area contributed by atoms with Gasteiger partial charge in [0.05, 0.1) is 28.3 Å². The van der Waals surface area contributed by atoms with Crippen molar-refractivity contribution in [2.45, 2.75) is 20.8 Å². The fourth-order valence-electron chi connectivity index (χ4n) is 2.83. The molecule has 2 aromatic heterocycles. The standard InChI is InChI=1S/C22H21N3O6S2/c1-4-30-21(28)16-12(2)17(19(27)24-14-8-6-5-7-9-14)33-20(16)25-15(26)10-31-22(29)18-13(3)23-11-32-18/h5-9,11H,4,10H2,1-3H3,(H,24,27)(H,25,26). The maximum Gasteiger partial charge on any atom is 0.350 e. The highest BCUT2D eigenvalue weighted by atomic mass is 32.1. The number of anilines is 2. The first-order chi connectivity index (χ1) is 15.8. The molecule has 0 fully saturated rings. The maximum absolute atomic E-state index is 12.8. The van der Waals surface area contributed by atoms with E-state index in [1.54, 1.807) is 45.0 Å². The van der Waals surface area contributed by atoms with Crippen LogP contribution in [0.3, 0.4) is 0 Å². The molecule has 0 saturated carbocycles. The molecular weight excluding hydrogens is 466 g/mol. The molecule has 0 aliphatic heterocycles. The summed E-state index contributed by atoms with van der Waals surface area (Å²) in [4.78, 5) is 54.4. The number of nitrogens with zero attached hydrogens (tertiary/aromatic N) is 1. The summed E-state index contributed by atoms with van der Waals surface area (Å²) in [5, 5.41) is 5.45. The topological polar surface area (TPSA) is 124 Å². The van der Waals surface area contributed by atoms with E-state index >= 15 is 0 Å². The Hall–Kier alpha value is -3.57. The summed E-state index contributed by atoms with van der Waals surface area (Å²) in [5.74, 6) is -2.42. The van der Waals surface area contributed by atoms with E-state index in [0.717, 1.165) is 22.7 Å². The van der Waals surface area contributed by atoms with Gasteiger partial charge in [0.25, 0.3) is 11.8 Å². The molecule has 0 aliphatic rings. The lowest BCUT2D eigenvalue weighted by Gasteiger charge is -2.07. The molecule has 0 unspecified atom stereocenters. The summed E-state index contributed by atoms with van der Waals surface area (Å²) in [6.45, 7) is 4.47. The van der Waals surface area contributed by atoms with Crippen LogP contribution in [0.5, 0.6) is 0 Å². The number of benzene rings is 1. The Morgan fingerprint density at radius 2 is 1.70 bits per heavy atom.